The molecule has 1 amide bonds. The Balaban J connectivity index is 1.98. The normalized spacial score (nSPS) is 18.2. The fourth-order valence-corrected chi connectivity index (χ4v) is 2.20. The second kappa shape index (κ2) is 8.48. The summed E-state index contributed by atoms with van der Waals surface area (Å²) in [6.07, 6.45) is 3.62. The van der Waals surface area contributed by atoms with E-state index >= 15 is 0 Å². The first kappa shape index (κ1) is 15.4. The maximum Gasteiger partial charge on any atom is 0.245 e. The second-order valence-electron chi connectivity index (χ2n) is 5.79. The topological polar surface area (TPSA) is 41.6 Å². The van der Waals surface area contributed by atoms with Crippen LogP contribution in [0, 0.1) is 11.8 Å². The van der Waals surface area contributed by atoms with Crippen molar-refractivity contribution in [2.45, 2.75) is 33.1 Å². The summed E-state index contributed by atoms with van der Waals surface area (Å²) in [6, 6.07) is 0. The number of carbonyl (C=O) groups excluding carboxylic acids is 1. The smallest absolute Gasteiger partial charge is 0.245 e. The summed E-state index contributed by atoms with van der Waals surface area (Å²) in [5, 5.41) is 2.94. The molecule has 0 bridgehead atoms. The third kappa shape index (κ3) is 6.97. The van der Waals surface area contributed by atoms with Crippen LogP contribution in [0.5, 0.6) is 0 Å². The predicted octanol–water partition coefficient (Wildman–Crippen LogP) is 1.51. The van der Waals surface area contributed by atoms with Crippen LogP contribution in [0.3, 0.4) is 0 Å². The van der Waals surface area contributed by atoms with Gasteiger partial charge in [-0.05, 0) is 51.2 Å². The summed E-state index contributed by atoms with van der Waals surface area (Å²) < 4.78 is 5.29. The molecule has 0 aromatic carbocycles. The molecule has 0 atom stereocenters. The van der Waals surface area contributed by atoms with Gasteiger partial charge in [0.05, 0.1) is 0 Å². The van der Waals surface area contributed by atoms with E-state index in [0.29, 0.717) is 12.5 Å². The van der Waals surface area contributed by atoms with E-state index in [-0.39, 0.29) is 12.5 Å². The number of nitrogens with zero attached hydrogens (tertiary/aromatic N) is 1. The molecule has 106 valence electrons. The third-order valence-corrected chi connectivity index (χ3v) is 3.40. The number of hydrogen-bond donors (Lipinski definition) is 1. The molecule has 0 radical (unpaired) electrons. The molecule has 1 saturated heterocycles. The van der Waals surface area contributed by atoms with Gasteiger partial charge in [0.25, 0.3) is 0 Å². The van der Waals surface area contributed by atoms with E-state index in [0.717, 1.165) is 18.9 Å². The average molecular weight is 256 g/mol. The minimum Gasteiger partial charge on any atom is -0.371 e. The first-order valence-corrected chi connectivity index (χ1v) is 7.11. The number of carbonyl (C=O) groups is 1. The van der Waals surface area contributed by atoms with E-state index in [1.807, 2.05) is 0 Å². The van der Waals surface area contributed by atoms with Crippen molar-refractivity contribution >= 4 is 5.91 Å². The molecule has 18 heavy (non-hydrogen) atoms. The molecule has 4 nitrogen and oxygen atoms in total. The molecule has 1 aliphatic heterocycles. The van der Waals surface area contributed by atoms with Crippen LogP contribution < -0.4 is 5.32 Å². The lowest BCUT2D eigenvalue weighted by Crippen LogP contribution is -2.33. The van der Waals surface area contributed by atoms with Gasteiger partial charge in [-0.1, -0.05) is 13.8 Å². The van der Waals surface area contributed by atoms with Gasteiger partial charge < -0.3 is 15.0 Å². The molecule has 0 spiro atoms. The molecule has 1 rings (SSSR count). The maximum absolute atomic E-state index is 11.5. The first-order chi connectivity index (χ1) is 8.58. The fraction of sp³-hybridized carbons (Fsp3) is 0.929. The van der Waals surface area contributed by atoms with Crippen LogP contribution in [0.1, 0.15) is 33.1 Å². The Hall–Kier alpha value is -0.610. The number of ether oxygens (including phenoxy) is 1. The Bertz CT molecular complexity index is 236. The minimum absolute atomic E-state index is 0.0172. The zero-order chi connectivity index (χ0) is 13.4. The largest absolute Gasteiger partial charge is 0.371 e. The van der Waals surface area contributed by atoms with Crippen LogP contribution >= 0.6 is 0 Å². The van der Waals surface area contributed by atoms with Crippen molar-refractivity contribution < 1.29 is 9.53 Å². The summed E-state index contributed by atoms with van der Waals surface area (Å²) in [5.74, 6) is 1.28. The molecular weight excluding hydrogens is 228 g/mol. The zero-order valence-corrected chi connectivity index (χ0v) is 12.1. The summed E-state index contributed by atoms with van der Waals surface area (Å²) >= 11 is 0. The highest BCUT2D eigenvalue weighted by atomic mass is 16.5. The molecular formula is C14H28N2O2. The lowest BCUT2D eigenvalue weighted by molar-refractivity contribution is -0.126. The number of hydrogen-bond acceptors (Lipinski definition) is 3. The SMILES string of the molecule is CC(C)COCC(=O)NCCC1CCN(C)CC1. The average Bonchev–Trinajstić information content (AvgIpc) is 2.31. The van der Waals surface area contributed by atoms with Crippen LogP contribution in [0.4, 0.5) is 0 Å². The molecule has 0 aliphatic carbocycles. The molecule has 0 saturated carbocycles. The van der Waals surface area contributed by atoms with E-state index in [4.69, 9.17) is 4.74 Å². The highest BCUT2D eigenvalue weighted by Gasteiger charge is 2.16. The molecule has 1 N–H and O–H groups in total. The van der Waals surface area contributed by atoms with Gasteiger partial charge in [-0.2, -0.15) is 0 Å². The Morgan fingerprint density at radius 3 is 2.67 bits per heavy atom. The van der Waals surface area contributed by atoms with Crippen LogP contribution in [0.25, 0.3) is 0 Å². The first-order valence-electron chi connectivity index (χ1n) is 7.11. The van der Waals surface area contributed by atoms with Crippen LogP contribution in [-0.2, 0) is 9.53 Å². The minimum atomic E-state index is 0.0172. The van der Waals surface area contributed by atoms with Gasteiger partial charge in [0.15, 0.2) is 0 Å². The zero-order valence-electron chi connectivity index (χ0n) is 12.1. The molecule has 1 heterocycles. The van der Waals surface area contributed by atoms with Gasteiger partial charge >= 0.3 is 0 Å². The lowest BCUT2D eigenvalue weighted by Gasteiger charge is -2.28. The van der Waals surface area contributed by atoms with Gasteiger partial charge in [-0.25, -0.2) is 0 Å². The number of likely N-dealkylation sites (tertiary alicyclic amines) is 1. The van der Waals surface area contributed by atoms with Gasteiger partial charge in [-0.3, -0.25) is 4.79 Å². The third-order valence-electron chi connectivity index (χ3n) is 3.40. The Morgan fingerprint density at radius 1 is 1.39 bits per heavy atom. The number of piperidine rings is 1. The monoisotopic (exact) mass is 256 g/mol. The summed E-state index contributed by atoms with van der Waals surface area (Å²) in [4.78, 5) is 13.8. The second-order valence-corrected chi connectivity index (χ2v) is 5.79. The van der Waals surface area contributed by atoms with Crippen molar-refractivity contribution in [3.05, 3.63) is 0 Å². The lowest BCUT2D eigenvalue weighted by atomic mass is 9.94. The molecule has 0 unspecified atom stereocenters. The molecule has 4 heteroatoms. The van der Waals surface area contributed by atoms with Crippen molar-refractivity contribution in [1.29, 1.82) is 0 Å². The molecule has 0 aromatic heterocycles. The standard InChI is InChI=1S/C14H28N2O2/c1-12(2)10-18-11-14(17)15-7-4-13-5-8-16(3)9-6-13/h12-13H,4-11H2,1-3H3,(H,15,17). The quantitative estimate of drug-likeness (QED) is 0.750. The van der Waals surface area contributed by atoms with Gasteiger partial charge in [-0.15, -0.1) is 0 Å². The highest BCUT2D eigenvalue weighted by molar-refractivity contribution is 5.77. The summed E-state index contributed by atoms with van der Waals surface area (Å²) in [7, 11) is 2.17. The Kier molecular flexibility index (Phi) is 7.28. The van der Waals surface area contributed by atoms with Gasteiger partial charge in [0, 0.05) is 13.2 Å². The maximum atomic E-state index is 11.5. The number of nitrogens with one attached hydrogen (secondary N) is 1. The van der Waals surface area contributed by atoms with Gasteiger partial charge in [0.2, 0.25) is 5.91 Å². The van der Waals surface area contributed by atoms with Gasteiger partial charge in [0.1, 0.15) is 6.61 Å². The fourth-order valence-electron chi connectivity index (χ4n) is 2.20. The predicted molar refractivity (Wildman–Crippen MR) is 73.5 cm³/mol. The van der Waals surface area contributed by atoms with Crippen molar-refractivity contribution in [2.24, 2.45) is 11.8 Å². The summed E-state index contributed by atoms with van der Waals surface area (Å²) in [6.45, 7) is 8.19. The van der Waals surface area contributed by atoms with Crippen LogP contribution in [0.15, 0.2) is 0 Å². The van der Waals surface area contributed by atoms with E-state index in [1.165, 1.54) is 25.9 Å². The Morgan fingerprint density at radius 2 is 2.06 bits per heavy atom. The van der Waals surface area contributed by atoms with Crippen molar-refractivity contribution in [3.63, 3.8) is 0 Å². The van der Waals surface area contributed by atoms with E-state index < -0.39 is 0 Å². The van der Waals surface area contributed by atoms with Crippen molar-refractivity contribution in [1.82, 2.24) is 10.2 Å². The summed E-state index contributed by atoms with van der Waals surface area (Å²) in [5.41, 5.74) is 0. The number of rotatable bonds is 7. The van der Waals surface area contributed by atoms with E-state index in [2.05, 4.69) is 31.1 Å². The molecule has 0 aromatic rings. The molecule has 1 fully saturated rings. The van der Waals surface area contributed by atoms with E-state index in [1.54, 1.807) is 0 Å². The Labute approximate surface area is 111 Å². The van der Waals surface area contributed by atoms with Crippen molar-refractivity contribution in [3.8, 4) is 0 Å². The van der Waals surface area contributed by atoms with Crippen molar-refractivity contribution in [2.75, 3.05) is 39.9 Å². The number of amides is 1. The highest BCUT2D eigenvalue weighted by Crippen LogP contribution is 2.18. The molecule has 1 aliphatic rings. The van der Waals surface area contributed by atoms with Crippen LogP contribution in [-0.4, -0.2) is 50.7 Å². The van der Waals surface area contributed by atoms with E-state index in [9.17, 15) is 4.79 Å². The van der Waals surface area contributed by atoms with Crippen LogP contribution in [0.2, 0.25) is 0 Å².